The summed E-state index contributed by atoms with van der Waals surface area (Å²) in [4.78, 5) is 20.9. The smallest absolute Gasteiger partial charge is 0.271 e. The SMILES string of the molecule is Cc1c(C=Nc2ccc(Cl)cc2Cl)c(O)n(Cc2cccnc2)c(=O)c1C#N. The summed E-state index contributed by atoms with van der Waals surface area (Å²) in [6.07, 6.45) is 4.56. The van der Waals surface area contributed by atoms with E-state index in [0.717, 1.165) is 4.57 Å². The van der Waals surface area contributed by atoms with Crippen molar-refractivity contribution in [2.24, 2.45) is 4.99 Å². The van der Waals surface area contributed by atoms with Crippen molar-refractivity contribution in [2.75, 3.05) is 0 Å². The molecule has 3 rings (SSSR count). The highest BCUT2D eigenvalue weighted by Crippen LogP contribution is 2.29. The number of hydrogen-bond acceptors (Lipinski definition) is 5. The minimum Gasteiger partial charge on any atom is -0.494 e. The van der Waals surface area contributed by atoms with Crippen LogP contribution in [0.15, 0.2) is 52.5 Å². The third-order valence-electron chi connectivity index (χ3n) is 4.15. The summed E-state index contributed by atoms with van der Waals surface area (Å²) in [5, 5.41) is 20.9. The van der Waals surface area contributed by atoms with Crippen LogP contribution in [0.25, 0.3) is 0 Å². The Labute approximate surface area is 171 Å². The largest absolute Gasteiger partial charge is 0.494 e. The fourth-order valence-corrected chi connectivity index (χ4v) is 3.12. The van der Waals surface area contributed by atoms with Crippen LogP contribution in [0.2, 0.25) is 10.0 Å². The number of aromatic hydroxyl groups is 1. The van der Waals surface area contributed by atoms with Crippen molar-refractivity contribution in [3.63, 3.8) is 0 Å². The topological polar surface area (TPSA) is 91.3 Å². The van der Waals surface area contributed by atoms with E-state index in [0.29, 0.717) is 26.9 Å². The third kappa shape index (κ3) is 3.91. The lowest BCUT2D eigenvalue weighted by Crippen LogP contribution is -2.26. The zero-order chi connectivity index (χ0) is 20.3. The number of benzene rings is 1. The van der Waals surface area contributed by atoms with E-state index in [1.54, 1.807) is 49.6 Å². The normalized spacial score (nSPS) is 10.9. The summed E-state index contributed by atoms with van der Waals surface area (Å²) in [6, 6.07) is 10.2. The summed E-state index contributed by atoms with van der Waals surface area (Å²) >= 11 is 12.0. The van der Waals surface area contributed by atoms with Gasteiger partial charge in [-0.25, -0.2) is 0 Å². The molecular formula is C20H14Cl2N4O2. The van der Waals surface area contributed by atoms with E-state index < -0.39 is 5.56 Å². The van der Waals surface area contributed by atoms with Crippen molar-refractivity contribution < 1.29 is 5.11 Å². The molecule has 8 heteroatoms. The predicted molar refractivity (Wildman–Crippen MR) is 109 cm³/mol. The molecule has 0 atom stereocenters. The minimum absolute atomic E-state index is 0.0645. The summed E-state index contributed by atoms with van der Waals surface area (Å²) in [5.41, 5.74) is 1.09. The summed E-state index contributed by atoms with van der Waals surface area (Å²) < 4.78 is 1.12. The highest BCUT2D eigenvalue weighted by Gasteiger charge is 2.18. The average Bonchev–Trinajstić information content (AvgIpc) is 2.68. The first-order valence-corrected chi connectivity index (χ1v) is 8.92. The van der Waals surface area contributed by atoms with Gasteiger partial charge in [-0.1, -0.05) is 29.3 Å². The molecule has 0 bridgehead atoms. The molecule has 0 aliphatic carbocycles. The Morgan fingerprint density at radius 2 is 2.14 bits per heavy atom. The molecule has 140 valence electrons. The van der Waals surface area contributed by atoms with Crippen molar-refractivity contribution in [2.45, 2.75) is 13.5 Å². The molecule has 28 heavy (non-hydrogen) atoms. The molecule has 1 aromatic carbocycles. The van der Waals surface area contributed by atoms with E-state index >= 15 is 0 Å². The first-order chi connectivity index (χ1) is 13.4. The Morgan fingerprint density at radius 1 is 1.36 bits per heavy atom. The van der Waals surface area contributed by atoms with Crippen LogP contribution in [-0.4, -0.2) is 20.9 Å². The summed E-state index contributed by atoms with van der Waals surface area (Å²) in [5.74, 6) is -0.292. The second-order valence-electron chi connectivity index (χ2n) is 5.96. The molecule has 6 nitrogen and oxygen atoms in total. The van der Waals surface area contributed by atoms with Gasteiger partial charge in [0.25, 0.3) is 5.56 Å². The monoisotopic (exact) mass is 412 g/mol. The van der Waals surface area contributed by atoms with Gasteiger partial charge in [-0.2, -0.15) is 5.26 Å². The van der Waals surface area contributed by atoms with Crippen LogP contribution in [0, 0.1) is 18.3 Å². The van der Waals surface area contributed by atoms with Crippen molar-refractivity contribution in [3.05, 3.63) is 85.4 Å². The number of aliphatic imine (C=N–C) groups is 1. The molecule has 0 spiro atoms. The van der Waals surface area contributed by atoms with E-state index in [2.05, 4.69) is 9.98 Å². The Kier molecular flexibility index (Phi) is 5.78. The van der Waals surface area contributed by atoms with Crippen LogP contribution in [-0.2, 0) is 6.54 Å². The summed E-state index contributed by atoms with van der Waals surface area (Å²) in [6.45, 7) is 1.65. The fraction of sp³-hybridized carbons (Fsp3) is 0.100. The van der Waals surface area contributed by atoms with E-state index in [4.69, 9.17) is 23.2 Å². The molecule has 3 aromatic rings. The average molecular weight is 413 g/mol. The second-order valence-corrected chi connectivity index (χ2v) is 6.80. The van der Waals surface area contributed by atoms with Crippen LogP contribution in [0.1, 0.15) is 22.3 Å². The van der Waals surface area contributed by atoms with E-state index in [9.17, 15) is 15.2 Å². The number of nitriles is 1. The summed E-state index contributed by atoms with van der Waals surface area (Å²) in [7, 11) is 0. The zero-order valence-corrected chi connectivity index (χ0v) is 16.2. The van der Waals surface area contributed by atoms with Gasteiger partial charge in [0, 0.05) is 23.6 Å². The van der Waals surface area contributed by atoms with Gasteiger partial charge in [-0.15, -0.1) is 0 Å². The van der Waals surface area contributed by atoms with Crippen molar-refractivity contribution >= 4 is 35.1 Å². The van der Waals surface area contributed by atoms with E-state index in [1.807, 2.05) is 6.07 Å². The van der Waals surface area contributed by atoms with Crippen LogP contribution in [0.4, 0.5) is 5.69 Å². The molecule has 2 heterocycles. The number of rotatable bonds is 4. The molecule has 1 N–H and O–H groups in total. The van der Waals surface area contributed by atoms with Crippen molar-refractivity contribution in [1.82, 2.24) is 9.55 Å². The number of hydrogen-bond donors (Lipinski definition) is 1. The highest BCUT2D eigenvalue weighted by atomic mass is 35.5. The molecule has 0 amide bonds. The van der Waals surface area contributed by atoms with Crippen LogP contribution >= 0.6 is 23.2 Å². The molecule has 2 aromatic heterocycles. The maximum absolute atomic E-state index is 12.6. The van der Waals surface area contributed by atoms with Gasteiger partial charge in [0.1, 0.15) is 11.6 Å². The Balaban J connectivity index is 2.13. The van der Waals surface area contributed by atoms with Gasteiger partial charge in [-0.05, 0) is 42.3 Å². The first kappa shape index (κ1) is 19.6. The molecular weight excluding hydrogens is 399 g/mol. The number of nitrogens with zero attached hydrogens (tertiary/aromatic N) is 4. The number of pyridine rings is 2. The van der Waals surface area contributed by atoms with Gasteiger partial charge >= 0.3 is 0 Å². The third-order valence-corrected chi connectivity index (χ3v) is 4.69. The Bertz CT molecular complexity index is 1170. The van der Waals surface area contributed by atoms with Crippen molar-refractivity contribution in [1.29, 1.82) is 5.26 Å². The number of aromatic nitrogens is 2. The lowest BCUT2D eigenvalue weighted by atomic mass is 10.1. The van der Waals surface area contributed by atoms with E-state index in [-0.39, 0.29) is 23.6 Å². The maximum Gasteiger partial charge on any atom is 0.271 e. The maximum atomic E-state index is 12.6. The standard InChI is InChI=1S/C20H14Cl2N4O2/c1-12-15(8-23)19(27)26(11-13-3-2-6-24-9-13)20(28)16(12)10-25-18-5-4-14(21)7-17(18)22/h2-7,9-10,28H,11H2,1H3. The van der Waals surface area contributed by atoms with Crippen LogP contribution in [0.3, 0.4) is 0 Å². The Morgan fingerprint density at radius 3 is 2.79 bits per heavy atom. The van der Waals surface area contributed by atoms with Crippen LogP contribution < -0.4 is 5.56 Å². The van der Waals surface area contributed by atoms with Gasteiger partial charge in [0.15, 0.2) is 0 Å². The van der Waals surface area contributed by atoms with Crippen LogP contribution in [0.5, 0.6) is 5.88 Å². The number of halogens is 2. The molecule has 0 radical (unpaired) electrons. The lowest BCUT2D eigenvalue weighted by Gasteiger charge is -2.14. The minimum atomic E-state index is -0.581. The zero-order valence-electron chi connectivity index (χ0n) is 14.7. The van der Waals surface area contributed by atoms with Crippen molar-refractivity contribution in [3.8, 4) is 11.9 Å². The van der Waals surface area contributed by atoms with Gasteiger partial charge in [0.05, 0.1) is 22.8 Å². The molecule has 0 saturated heterocycles. The molecule has 0 unspecified atom stereocenters. The Hall–Kier alpha value is -3.14. The molecule has 0 aliphatic rings. The molecule has 0 aliphatic heterocycles. The van der Waals surface area contributed by atoms with E-state index in [1.165, 1.54) is 6.21 Å². The van der Waals surface area contributed by atoms with Gasteiger partial charge < -0.3 is 5.11 Å². The predicted octanol–water partition coefficient (Wildman–Crippen LogP) is 4.23. The lowest BCUT2D eigenvalue weighted by molar-refractivity contribution is 0.413. The molecule has 0 saturated carbocycles. The first-order valence-electron chi connectivity index (χ1n) is 8.17. The molecule has 0 fully saturated rings. The fourth-order valence-electron chi connectivity index (χ4n) is 2.67. The highest BCUT2D eigenvalue weighted by molar-refractivity contribution is 6.36. The van der Waals surface area contributed by atoms with Gasteiger partial charge in [-0.3, -0.25) is 19.3 Å². The van der Waals surface area contributed by atoms with Gasteiger partial charge in [0.2, 0.25) is 5.88 Å². The quantitative estimate of drug-likeness (QED) is 0.648. The second kappa shape index (κ2) is 8.26.